The Balaban J connectivity index is 1.64. The van der Waals surface area contributed by atoms with Gasteiger partial charge in [0, 0.05) is 5.92 Å². The van der Waals surface area contributed by atoms with Crippen molar-refractivity contribution in [2.24, 2.45) is 11.8 Å². The predicted octanol–water partition coefficient (Wildman–Crippen LogP) is 4.64. The van der Waals surface area contributed by atoms with Gasteiger partial charge in [-0.25, -0.2) is 0 Å². The molecule has 1 aliphatic heterocycles. The average molecular weight is 342 g/mol. The topological polar surface area (TPSA) is 46.5 Å². The number of aliphatic hydroxyl groups is 1. The maximum Gasteiger partial charge on any atom is 0.238 e. The zero-order valence-electron chi connectivity index (χ0n) is 15.4. The number of fused-ring (bicyclic) bond motifs is 3. The molecule has 4 unspecified atom stereocenters. The smallest absolute Gasteiger partial charge is 0.238 e. The molecule has 0 aromatic carbocycles. The molecule has 0 aromatic rings. The molecule has 0 spiro atoms. The van der Waals surface area contributed by atoms with Crippen LogP contribution in [0.15, 0.2) is 47.6 Å². The van der Waals surface area contributed by atoms with Crippen molar-refractivity contribution in [3.05, 3.63) is 47.6 Å². The summed E-state index contributed by atoms with van der Waals surface area (Å²) in [4.78, 5) is 12.5. The first kappa shape index (κ1) is 18.3. The van der Waals surface area contributed by atoms with Crippen molar-refractivity contribution in [2.45, 2.75) is 70.7 Å². The maximum absolute atomic E-state index is 12.5. The van der Waals surface area contributed by atoms with Gasteiger partial charge in [0.1, 0.15) is 6.10 Å². The second kappa shape index (κ2) is 7.84. The Labute approximate surface area is 151 Å². The fraction of sp³-hybridized carbons (Fsp3) is 0.591. The molecule has 3 heteroatoms. The number of hydrogen-bond donors (Lipinski definition) is 1. The summed E-state index contributed by atoms with van der Waals surface area (Å²) in [5.74, 6) is -2.16. The molecule has 0 bridgehead atoms. The molecule has 136 valence electrons. The van der Waals surface area contributed by atoms with Crippen LogP contribution in [-0.4, -0.2) is 22.8 Å². The monoisotopic (exact) mass is 342 g/mol. The molecule has 1 heterocycles. The number of carbonyl (C=O) groups is 1. The van der Waals surface area contributed by atoms with E-state index in [2.05, 4.69) is 25.2 Å². The van der Waals surface area contributed by atoms with E-state index in [9.17, 15) is 9.90 Å². The van der Waals surface area contributed by atoms with Crippen LogP contribution in [0.1, 0.15) is 58.8 Å². The number of ketones is 1. The Morgan fingerprint density at radius 1 is 1.32 bits per heavy atom. The SMILES string of the molecule is CCCCCCCC=CC1OC2(O)C(=O)C=C3C=CCC3C2C=C1C. The van der Waals surface area contributed by atoms with Gasteiger partial charge >= 0.3 is 0 Å². The van der Waals surface area contributed by atoms with Crippen LogP contribution in [-0.2, 0) is 9.53 Å². The highest BCUT2D eigenvalue weighted by Gasteiger charge is 2.54. The minimum atomic E-state index is -1.71. The number of carbonyl (C=O) groups excluding carboxylic acids is 1. The highest BCUT2D eigenvalue weighted by molar-refractivity contribution is 5.98. The zero-order valence-corrected chi connectivity index (χ0v) is 15.4. The molecule has 4 atom stereocenters. The normalized spacial score (nSPS) is 34.0. The number of hydrogen-bond acceptors (Lipinski definition) is 3. The summed E-state index contributed by atoms with van der Waals surface area (Å²) in [5.41, 5.74) is 2.10. The molecule has 2 aliphatic carbocycles. The summed E-state index contributed by atoms with van der Waals surface area (Å²) >= 11 is 0. The summed E-state index contributed by atoms with van der Waals surface area (Å²) in [7, 11) is 0. The van der Waals surface area contributed by atoms with Gasteiger partial charge in [0.2, 0.25) is 11.6 Å². The largest absolute Gasteiger partial charge is 0.359 e. The zero-order chi connectivity index (χ0) is 17.9. The first-order chi connectivity index (χ1) is 12.1. The Bertz CT molecular complexity index is 625. The highest BCUT2D eigenvalue weighted by Crippen LogP contribution is 2.46. The molecule has 0 saturated heterocycles. The van der Waals surface area contributed by atoms with Gasteiger partial charge in [-0.05, 0) is 49.3 Å². The first-order valence-corrected chi connectivity index (χ1v) is 9.74. The first-order valence-electron chi connectivity index (χ1n) is 9.74. The van der Waals surface area contributed by atoms with Crippen molar-refractivity contribution in [3.63, 3.8) is 0 Å². The van der Waals surface area contributed by atoms with Gasteiger partial charge in [0.05, 0.1) is 0 Å². The quantitative estimate of drug-likeness (QED) is 0.541. The van der Waals surface area contributed by atoms with E-state index in [1.165, 1.54) is 32.1 Å². The number of unbranched alkanes of at least 4 members (excludes halogenated alkanes) is 5. The van der Waals surface area contributed by atoms with Crippen LogP contribution in [0.4, 0.5) is 0 Å². The van der Waals surface area contributed by atoms with E-state index in [1.807, 2.05) is 19.1 Å². The van der Waals surface area contributed by atoms with E-state index in [0.717, 1.165) is 24.0 Å². The lowest BCUT2D eigenvalue weighted by Crippen LogP contribution is -2.56. The maximum atomic E-state index is 12.5. The Morgan fingerprint density at radius 3 is 2.92 bits per heavy atom. The van der Waals surface area contributed by atoms with Crippen LogP contribution < -0.4 is 0 Å². The third-order valence-corrected chi connectivity index (χ3v) is 5.65. The van der Waals surface area contributed by atoms with Crippen molar-refractivity contribution in [1.82, 2.24) is 0 Å². The van der Waals surface area contributed by atoms with E-state index in [4.69, 9.17) is 4.74 Å². The van der Waals surface area contributed by atoms with Crippen LogP contribution in [0.2, 0.25) is 0 Å². The molecule has 0 aromatic heterocycles. The predicted molar refractivity (Wildman–Crippen MR) is 99.9 cm³/mol. The lowest BCUT2D eigenvalue weighted by atomic mass is 9.72. The highest BCUT2D eigenvalue weighted by atomic mass is 16.6. The molecule has 0 amide bonds. The number of ether oxygens (including phenoxy) is 1. The van der Waals surface area contributed by atoms with Gasteiger partial charge in [-0.3, -0.25) is 4.79 Å². The second-order valence-electron chi connectivity index (χ2n) is 7.56. The average Bonchev–Trinajstić information content (AvgIpc) is 3.04. The molecule has 0 radical (unpaired) electrons. The van der Waals surface area contributed by atoms with E-state index >= 15 is 0 Å². The fourth-order valence-electron chi connectivity index (χ4n) is 4.12. The molecule has 0 fully saturated rings. The molecule has 0 saturated carbocycles. The third kappa shape index (κ3) is 3.73. The summed E-state index contributed by atoms with van der Waals surface area (Å²) in [5, 5.41) is 11.0. The van der Waals surface area contributed by atoms with Crippen molar-refractivity contribution in [1.29, 1.82) is 0 Å². The van der Waals surface area contributed by atoms with E-state index in [0.29, 0.717) is 0 Å². The summed E-state index contributed by atoms with van der Waals surface area (Å²) in [6, 6.07) is 0. The van der Waals surface area contributed by atoms with Gasteiger partial charge in [0.25, 0.3) is 0 Å². The van der Waals surface area contributed by atoms with Gasteiger partial charge in [-0.2, -0.15) is 0 Å². The fourth-order valence-corrected chi connectivity index (χ4v) is 4.12. The number of rotatable bonds is 7. The second-order valence-corrected chi connectivity index (χ2v) is 7.56. The minimum absolute atomic E-state index is 0.154. The summed E-state index contributed by atoms with van der Waals surface area (Å²) in [6.45, 7) is 4.25. The minimum Gasteiger partial charge on any atom is -0.359 e. The molecular formula is C22H30O3. The van der Waals surface area contributed by atoms with Gasteiger partial charge < -0.3 is 9.84 Å². The Kier molecular flexibility index (Phi) is 5.75. The lowest BCUT2D eigenvalue weighted by Gasteiger charge is -2.44. The summed E-state index contributed by atoms with van der Waals surface area (Å²) < 4.78 is 5.93. The molecule has 1 N–H and O–H groups in total. The standard InChI is InChI=1S/C22H30O3/c1-3-4-5-6-7-8-9-13-20-16(2)14-19-18-12-10-11-17(18)15-21(23)22(19,24)25-20/h9-11,13-15,18-20,24H,3-8,12H2,1-2H3. The molecule has 3 rings (SSSR count). The van der Waals surface area contributed by atoms with Crippen LogP contribution in [0, 0.1) is 11.8 Å². The number of allylic oxidation sites excluding steroid dienone is 4. The molecular weight excluding hydrogens is 312 g/mol. The van der Waals surface area contributed by atoms with Crippen molar-refractivity contribution in [2.75, 3.05) is 0 Å². The van der Waals surface area contributed by atoms with Crippen molar-refractivity contribution in [3.8, 4) is 0 Å². The van der Waals surface area contributed by atoms with Crippen LogP contribution >= 0.6 is 0 Å². The van der Waals surface area contributed by atoms with Crippen LogP contribution in [0.25, 0.3) is 0 Å². The lowest BCUT2D eigenvalue weighted by molar-refractivity contribution is -0.237. The van der Waals surface area contributed by atoms with Gasteiger partial charge in [-0.15, -0.1) is 0 Å². The van der Waals surface area contributed by atoms with E-state index in [1.54, 1.807) is 6.08 Å². The molecule has 3 nitrogen and oxygen atoms in total. The van der Waals surface area contributed by atoms with E-state index in [-0.39, 0.29) is 23.7 Å². The Morgan fingerprint density at radius 2 is 2.12 bits per heavy atom. The van der Waals surface area contributed by atoms with Crippen molar-refractivity contribution < 1.29 is 14.6 Å². The Hall–Kier alpha value is -1.45. The molecule has 3 aliphatic rings. The van der Waals surface area contributed by atoms with Crippen molar-refractivity contribution >= 4 is 5.78 Å². The van der Waals surface area contributed by atoms with Crippen LogP contribution in [0.5, 0.6) is 0 Å². The summed E-state index contributed by atoms with van der Waals surface area (Å²) in [6.07, 6.45) is 19.7. The molecule has 25 heavy (non-hydrogen) atoms. The third-order valence-electron chi connectivity index (χ3n) is 5.65. The van der Waals surface area contributed by atoms with Gasteiger partial charge in [0.15, 0.2) is 0 Å². The van der Waals surface area contributed by atoms with E-state index < -0.39 is 5.79 Å². The van der Waals surface area contributed by atoms with Gasteiger partial charge in [-0.1, -0.05) is 63.0 Å². The van der Waals surface area contributed by atoms with Crippen LogP contribution in [0.3, 0.4) is 0 Å².